The molecule has 180 valence electrons. The zero-order valence-electron chi connectivity index (χ0n) is 19.5. The Morgan fingerprint density at radius 2 is 1.78 bits per heavy atom. The molecule has 1 aliphatic rings. The van der Waals surface area contributed by atoms with Crippen LogP contribution in [-0.2, 0) is 25.6 Å². The maximum Gasteiger partial charge on any atom is 0.330 e. The molecule has 0 unspecified atom stereocenters. The van der Waals surface area contributed by atoms with Gasteiger partial charge in [-0.15, -0.1) is 0 Å². The molecule has 32 heavy (non-hydrogen) atoms. The van der Waals surface area contributed by atoms with E-state index in [0.29, 0.717) is 26.2 Å². The monoisotopic (exact) mass is 450 g/mol. The Labute approximate surface area is 191 Å². The van der Waals surface area contributed by atoms with E-state index in [9.17, 15) is 20.1 Å². The molecular weight excluding hydrogens is 412 g/mol. The highest BCUT2D eigenvalue weighted by Gasteiger charge is 2.41. The average Bonchev–Trinajstić information content (AvgIpc) is 3.54. The predicted octanol–water partition coefficient (Wildman–Crippen LogP) is 2.47. The molecule has 0 spiro atoms. The summed E-state index contributed by atoms with van der Waals surface area (Å²) in [4.78, 5) is 11.4. The SMILES string of the molecule is CCOC(=O)/C=C/[C@@H]1O[C@H]1C[C@@H](O)[C@H](C)[C@H](O)[C@@H](C)[C@@H](O)[C@@H](C)COCc1ccccc1. The number of rotatable bonds is 14. The minimum absolute atomic E-state index is 0.170. The van der Waals surface area contributed by atoms with Crippen molar-refractivity contribution in [3.05, 3.63) is 48.0 Å². The molecule has 1 aromatic carbocycles. The lowest BCUT2D eigenvalue weighted by Gasteiger charge is -2.33. The van der Waals surface area contributed by atoms with Crippen LogP contribution in [0.5, 0.6) is 0 Å². The van der Waals surface area contributed by atoms with E-state index in [4.69, 9.17) is 14.2 Å². The number of carbonyl (C=O) groups excluding carboxylic acids is 1. The van der Waals surface area contributed by atoms with E-state index in [2.05, 4.69) is 0 Å². The fraction of sp³-hybridized carbons (Fsp3) is 0.640. The Kier molecular flexibility index (Phi) is 10.8. The number of benzene rings is 1. The number of hydrogen-bond donors (Lipinski definition) is 3. The van der Waals surface area contributed by atoms with E-state index in [1.54, 1.807) is 26.8 Å². The standard InChI is InChI=1S/C25H38O7/c1-5-31-23(27)12-11-21-22(32-21)13-20(26)17(3)25(29)18(4)24(28)16(2)14-30-15-19-9-7-6-8-10-19/h6-12,16-18,20-22,24-26,28-29H,5,13-15H2,1-4H3/b12-11+/t16-,17-,18-,20+,21-,22-,24-,25-/m0/s1. The summed E-state index contributed by atoms with van der Waals surface area (Å²) >= 11 is 0. The van der Waals surface area contributed by atoms with E-state index in [1.165, 1.54) is 6.08 Å². The second-order valence-corrected chi connectivity index (χ2v) is 8.73. The highest BCUT2D eigenvalue weighted by molar-refractivity contribution is 5.82. The molecule has 7 heteroatoms. The summed E-state index contributed by atoms with van der Waals surface area (Å²) in [5.41, 5.74) is 1.07. The molecule has 2 rings (SSSR count). The fourth-order valence-corrected chi connectivity index (χ4v) is 3.79. The normalized spacial score (nSPS) is 23.8. The van der Waals surface area contributed by atoms with Crippen LogP contribution in [0.15, 0.2) is 42.5 Å². The summed E-state index contributed by atoms with van der Waals surface area (Å²) in [5.74, 6) is -1.47. The van der Waals surface area contributed by atoms with Crippen molar-refractivity contribution in [3.63, 3.8) is 0 Å². The van der Waals surface area contributed by atoms with Crippen LogP contribution in [0.1, 0.15) is 39.7 Å². The number of esters is 1. The smallest absolute Gasteiger partial charge is 0.330 e. The molecule has 0 radical (unpaired) electrons. The maximum absolute atomic E-state index is 11.4. The maximum atomic E-state index is 11.4. The first-order chi connectivity index (χ1) is 15.2. The zero-order chi connectivity index (χ0) is 23.7. The van der Waals surface area contributed by atoms with Gasteiger partial charge in [-0.1, -0.05) is 51.1 Å². The predicted molar refractivity (Wildman–Crippen MR) is 121 cm³/mol. The molecular formula is C25H38O7. The third-order valence-electron chi connectivity index (χ3n) is 6.10. The van der Waals surface area contributed by atoms with E-state index in [1.807, 2.05) is 37.3 Å². The molecule has 1 fully saturated rings. The van der Waals surface area contributed by atoms with E-state index >= 15 is 0 Å². The molecule has 8 atom stereocenters. The number of aliphatic hydroxyl groups is 3. The molecule has 7 nitrogen and oxygen atoms in total. The molecule has 3 N–H and O–H groups in total. The van der Waals surface area contributed by atoms with Gasteiger partial charge in [0.15, 0.2) is 0 Å². The summed E-state index contributed by atoms with van der Waals surface area (Å²) < 4.78 is 16.0. The highest BCUT2D eigenvalue weighted by atomic mass is 16.6. The first-order valence-electron chi connectivity index (χ1n) is 11.4. The van der Waals surface area contributed by atoms with Crippen molar-refractivity contribution >= 4 is 5.97 Å². The summed E-state index contributed by atoms with van der Waals surface area (Å²) in [6.45, 7) is 8.32. The van der Waals surface area contributed by atoms with Crippen LogP contribution in [-0.4, -0.2) is 65.0 Å². The van der Waals surface area contributed by atoms with Crippen LogP contribution in [0.4, 0.5) is 0 Å². The van der Waals surface area contributed by atoms with Gasteiger partial charge in [-0.2, -0.15) is 0 Å². The van der Waals surface area contributed by atoms with E-state index in [-0.39, 0.29) is 18.1 Å². The third-order valence-corrected chi connectivity index (χ3v) is 6.10. The van der Waals surface area contributed by atoms with Gasteiger partial charge in [0.1, 0.15) is 6.10 Å². The Bertz CT molecular complexity index is 708. The van der Waals surface area contributed by atoms with Crippen molar-refractivity contribution in [1.29, 1.82) is 0 Å². The number of aliphatic hydroxyl groups excluding tert-OH is 3. The first kappa shape index (κ1) is 26.5. The Hall–Kier alpha value is -1.77. The largest absolute Gasteiger partial charge is 0.463 e. The fourth-order valence-electron chi connectivity index (χ4n) is 3.79. The van der Waals surface area contributed by atoms with Gasteiger partial charge >= 0.3 is 5.97 Å². The number of carbonyl (C=O) groups is 1. The second-order valence-electron chi connectivity index (χ2n) is 8.73. The van der Waals surface area contributed by atoms with Crippen LogP contribution in [0.2, 0.25) is 0 Å². The third kappa shape index (κ3) is 8.30. The van der Waals surface area contributed by atoms with Gasteiger partial charge < -0.3 is 29.5 Å². The van der Waals surface area contributed by atoms with Crippen LogP contribution < -0.4 is 0 Å². The molecule has 1 aromatic rings. The van der Waals surface area contributed by atoms with Crippen molar-refractivity contribution in [1.82, 2.24) is 0 Å². The van der Waals surface area contributed by atoms with Gasteiger partial charge in [0.25, 0.3) is 0 Å². The van der Waals surface area contributed by atoms with Crippen LogP contribution >= 0.6 is 0 Å². The molecule has 1 saturated heterocycles. The molecule has 0 aromatic heterocycles. The Balaban J connectivity index is 1.74. The van der Waals surface area contributed by atoms with Crippen LogP contribution in [0.25, 0.3) is 0 Å². The lowest BCUT2D eigenvalue weighted by atomic mass is 9.81. The number of epoxide rings is 1. The zero-order valence-corrected chi connectivity index (χ0v) is 19.5. The molecule has 0 amide bonds. The van der Waals surface area contributed by atoms with Crippen molar-refractivity contribution in [2.75, 3.05) is 13.2 Å². The summed E-state index contributed by atoms with van der Waals surface area (Å²) in [6, 6.07) is 9.82. The quantitative estimate of drug-likeness (QED) is 0.227. The molecule has 0 aliphatic carbocycles. The first-order valence-corrected chi connectivity index (χ1v) is 11.4. The van der Waals surface area contributed by atoms with Gasteiger partial charge in [0.2, 0.25) is 0 Å². The second kappa shape index (κ2) is 13.1. The summed E-state index contributed by atoms with van der Waals surface area (Å²) in [6.07, 6.45) is 0.415. The Morgan fingerprint density at radius 1 is 1.09 bits per heavy atom. The van der Waals surface area contributed by atoms with Gasteiger partial charge in [-0.3, -0.25) is 0 Å². The lowest BCUT2D eigenvalue weighted by Crippen LogP contribution is -2.42. The van der Waals surface area contributed by atoms with Crippen LogP contribution in [0, 0.1) is 17.8 Å². The van der Waals surface area contributed by atoms with Crippen LogP contribution in [0.3, 0.4) is 0 Å². The van der Waals surface area contributed by atoms with E-state index in [0.717, 1.165) is 5.56 Å². The highest BCUT2D eigenvalue weighted by Crippen LogP contribution is 2.32. The van der Waals surface area contributed by atoms with Gasteiger partial charge in [-0.05, 0) is 18.6 Å². The summed E-state index contributed by atoms with van der Waals surface area (Å²) in [5, 5.41) is 32.0. The van der Waals surface area contributed by atoms with Crippen molar-refractivity contribution in [2.45, 2.75) is 71.2 Å². The van der Waals surface area contributed by atoms with Crippen molar-refractivity contribution < 1.29 is 34.3 Å². The molecule has 0 bridgehead atoms. The topological polar surface area (TPSA) is 109 Å². The van der Waals surface area contributed by atoms with Crippen molar-refractivity contribution in [3.8, 4) is 0 Å². The molecule has 0 saturated carbocycles. The van der Waals surface area contributed by atoms with Crippen molar-refractivity contribution in [2.24, 2.45) is 17.8 Å². The van der Waals surface area contributed by atoms with Gasteiger partial charge in [0, 0.05) is 30.3 Å². The minimum Gasteiger partial charge on any atom is -0.463 e. The molecule has 1 aliphatic heterocycles. The average molecular weight is 451 g/mol. The number of hydrogen-bond acceptors (Lipinski definition) is 7. The lowest BCUT2D eigenvalue weighted by molar-refractivity contribution is -0.137. The molecule has 1 heterocycles. The minimum atomic E-state index is -0.885. The Morgan fingerprint density at radius 3 is 2.44 bits per heavy atom. The number of ether oxygens (including phenoxy) is 3. The van der Waals surface area contributed by atoms with Gasteiger partial charge in [-0.25, -0.2) is 4.79 Å². The summed E-state index contributed by atoms with van der Waals surface area (Å²) in [7, 11) is 0. The van der Waals surface area contributed by atoms with E-state index < -0.39 is 36.1 Å². The van der Waals surface area contributed by atoms with Gasteiger partial charge in [0.05, 0.1) is 44.2 Å².